The molecule has 0 heterocycles. The molecule has 0 unspecified atom stereocenters. The lowest BCUT2D eigenvalue weighted by Gasteiger charge is -2.03. The van der Waals surface area contributed by atoms with E-state index in [2.05, 4.69) is 45.2 Å². The van der Waals surface area contributed by atoms with Crippen molar-refractivity contribution in [1.82, 2.24) is 5.32 Å². The highest BCUT2D eigenvalue weighted by Gasteiger charge is 1.89. The lowest BCUT2D eigenvalue weighted by Crippen LogP contribution is -2.19. The highest BCUT2D eigenvalue weighted by atomic mass is 14.8. The number of nitrogens with one attached hydrogen (secondary N) is 1. The van der Waals surface area contributed by atoms with Gasteiger partial charge in [0.05, 0.1) is 0 Å². The minimum Gasteiger partial charge on any atom is -0.313 e. The van der Waals surface area contributed by atoms with Gasteiger partial charge in [0.2, 0.25) is 0 Å². The van der Waals surface area contributed by atoms with Crippen LogP contribution >= 0.6 is 0 Å². The van der Waals surface area contributed by atoms with Crippen molar-refractivity contribution in [1.29, 1.82) is 0 Å². The summed E-state index contributed by atoms with van der Waals surface area (Å²) in [4.78, 5) is 0. The first-order valence-corrected chi connectivity index (χ1v) is 4.50. The molecule has 0 bridgehead atoms. The van der Waals surface area contributed by atoms with Crippen LogP contribution in [0.15, 0.2) is 12.2 Å². The molecule has 0 atom stereocenters. The van der Waals surface area contributed by atoms with Crippen LogP contribution in [0, 0.1) is 11.8 Å². The second-order valence-electron chi connectivity index (χ2n) is 3.72. The Kier molecular flexibility index (Phi) is 6.24. The Bertz CT molecular complexity index is 103. The zero-order valence-corrected chi connectivity index (χ0v) is 8.22. The molecule has 0 aromatic rings. The lowest BCUT2D eigenvalue weighted by atomic mass is 10.2. The third kappa shape index (κ3) is 9.70. The van der Waals surface area contributed by atoms with Crippen molar-refractivity contribution in [2.75, 3.05) is 13.1 Å². The summed E-state index contributed by atoms with van der Waals surface area (Å²) in [5.41, 5.74) is 0. The summed E-state index contributed by atoms with van der Waals surface area (Å²) in [7, 11) is 0. The molecule has 0 aliphatic heterocycles. The molecule has 1 N–H and O–H groups in total. The Morgan fingerprint density at radius 2 is 1.82 bits per heavy atom. The van der Waals surface area contributed by atoms with Crippen molar-refractivity contribution < 1.29 is 0 Å². The molecule has 0 amide bonds. The van der Waals surface area contributed by atoms with Gasteiger partial charge in [-0.05, 0) is 18.4 Å². The van der Waals surface area contributed by atoms with Gasteiger partial charge in [-0.3, -0.25) is 0 Å². The Labute approximate surface area is 70.9 Å². The van der Waals surface area contributed by atoms with Crippen LogP contribution in [0.2, 0.25) is 0 Å². The zero-order valence-electron chi connectivity index (χ0n) is 8.22. The predicted molar refractivity (Wildman–Crippen MR) is 51.7 cm³/mol. The molecule has 0 aromatic heterocycles. The third-order valence-electron chi connectivity index (χ3n) is 1.34. The molecule has 66 valence electrons. The van der Waals surface area contributed by atoms with Crippen molar-refractivity contribution in [3.8, 4) is 0 Å². The van der Waals surface area contributed by atoms with E-state index in [9.17, 15) is 0 Å². The molecule has 0 aliphatic rings. The lowest BCUT2D eigenvalue weighted by molar-refractivity contribution is 0.576. The number of hydrogen-bond donors (Lipinski definition) is 1. The van der Waals surface area contributed by atoms with Crippen LogP contribution in [0.25, 0.3) is 0 Å². The maximum atomic E-state index is 3.35. The maximum Gasteiger partial charge on any atom is 0.0135 e. The van der Waals surface area contributed by atoms with E-state index in [1.807, 2.05) is 0 Å². The average Bonchev–Trinajstić information content (AvgIpc) is 1.85. The Balaban J connectivity index is 3.14. The summed E-state index contributed by atoms with van der Waals surface area (Å²) >= 11 is 0. The van der Waals surface area contributed by atoms with E-state index < -0.39 is 0 Å². The third-order valence-corrected chi connectivity index (χ3v) is 1.34. The minimum absolute atomic E-state index is 0.677. The summed E-state index contributed by atoms with van der Waals surface area (Å²) in [5, 5.41) is 3.35. The topological polar surface area (TPSA) is 12.0 Å². The van der Waals surface area contributed by atoms with Crippen molar-refractivity contribution >= 4 is 0 Å². The van der Waals surface area contributed by atoms with Crippen molar-refractivity contribution in [3.05, 3.63) is 12.2 Å². The van der Waals surface area contributed by atoms with Crippen molar-refractivity contribution in [2.45, 2.75) is 27.7 Å². The summed E-state index contributed by atoms with van der Waals surface area (Å²) in [6.07, 6.45) is 4.43. The van der Waals surface area contributed by atoms with Gasteiger partial charge in [-0.15, -0.1) is 0 Å². The van der Waals surface area contributed by atoms with Crippen LogP contribution < -0.4 is 5.32 Å². The summed E-state index contributed by atoms with van der Waals surface area (Å²) in [6, 6.07) is 0. The van der Waals surface area contributed by atoms with E-state index in [0.29, 0.717) is 5.92 Å². The Morgan fingerprint density at radius 1 is 1.18 bits per heavy atom. The monoisotopic (exact) mass is 155 g/mol. The maximum absolute atomic E-state index is 3.35. The first-order chi connectivity index (χ1) is 5.13. The van der Waals surface area contributed by atoms with E-state index in [-0.39, 0.29) is 0 Å². The van der Waals surface area contributed by atoms with Gasteiger partial charge in [-0.1, -0.05) is 39.8 Å². The van der Waals surface area contributed by atoms with Crippen LogP contribution in [0.5, 0.6) is 0 Å². The van der Waals surface area contributed by atoms with E-state index >= 15 is 0 Å². The van der Waals surface area contributed by atoms with E-state index in [0.717, 1.165) is 19.0 Å². The number of rotatable bonds is 5. The molecule has 0 saturated heterocycles. The molecule has 0 aromatic carbocycles. The summed E-state index contributed by atoms with van der Waals surface area (Å²) in [6.45, 7) is 11.0. The van der Waals surface area contributed by atoms with Gasteiger partial charge < -0.3 is 5.32 Å². The second kappa shape index (κ2) is 6.41. The van der Waals surface area contributed by atoms with Gasteiger partial charge in [-0.25, -0.2) is 0 Å². The van der Waals surface area contributed by atoms with Gasteiger partial charge >= 0.3 is 0 Å². The standard InChI is InChI=1S/C10H21N/c1-9(2)6-5-7-11-8-10(3)4/h5-6,9-11H,7-8H2,1-4H3. The molecule has 0 fully saturated rings. The van der Waals surface area contributed by atoms with Gasteiger partial charge in [0.1, 0.15) is 0 Å². The fourth-order valence-electron chi connectivity index (χ4n) is 0.796. The minimum atomic E-state index is 0.677. The molecule has 0 radical (unpaired) electrons. The number of hydrogen-bond acceptors (Lipinski definition) is 1. The Morgan fingerprint density at radius 3 is 2.27 bits per heavy atom. The fraction of sp³-hybridized carbons (Fsp3) is 0.800. The van der Waals surface area contributed by atoms with Gasteiger partial charge in [0.15, 0.2) is 0 Å². The summed E-state index contributed by atoms with van der Waals surface area (Å²) in [5.74, 6) is 1.43. The highest BCUT2D eigenvalue weighted by Crippen LogP contribution is 1.92. The molecule has 0 spiro atoms. The first kappa shape index (κ1) is 10.7. The van der Waals surface area contributed by atoms with Gasteiger partial charge in [0.25, 0.3) is 0 Å². The zero-order chi connectivity index (χ0) is 8.69. The van der Waals surface area contributed by atoms with Crippen molar-refractivity contribution in [2.24, 2.45) is 11.8 Å². The molecule has 1 nitrogen and oxygen atoms in total. The SMILES string of the molecule is CC(C)C=CCNCC(C)C. The molecule has 0 aliphatic carbocycles. The van der Waals surface area contributed by atoms with Crippen molar-refractivity contribution in [3.63, 3.8) is 0 Å². The van der Waals surface area contributed by atoms with Crippen LogP contribution in [-0.4, -0.2) is 13.1 Å². The van der Waals surface area contributed by atoms with Gasteiger partial charge in [0, 0.05) is 6.54 Å². The molecular formula is C10H21N. The highest BCUT2D eigenvalue weighted by molar-refractivity contribution is 4.86. The van der Waals surface area contributed by atoms with Crippen LogP contribution in [-0.2, 0) is 0 Å². The van der Waals surface area contributed by atoms with E-state index in [4.69, 9.17) is 0 Å². The van der Waals surface area contributed by atoms with E-state index in [1.165, 1.54) is 0 Å². The van der Waals surface area contributed by atoms with Crippen LogP contribution in [0.1, 0.15) is 27.7 Å². The smallest absolute Gasteiger partial charge is 0.0135 e. The average molecular weight is 155 g/mol. The molecule has 0 saturated carbocycles. The van der Waals surface area contributed by atoms with E-state index in [1.54, 1.807) is 0 Å². The quantitative estimate of drug-likeness (QED) is 0.475. The predicted octanol–water partition coefficient (Wildman–Crippen LogP) is 2.44. The molecular weight excluding hydrogens is 134 g/mol. The van der Waals surface area contributed by atoms with Crippen LogP contribution in [0.3, 0.4) is 0 Å². The normalized spacial score (nSPS) is 12.2. The second-order valence-corrected chi connectivity index (χ2v) is 3.72. The molecule has 11 heavy (non-hydrogen) atoms. The van der Waals surface area contributed by atoms with Crippen LogP contribution in [0.4, 0.5) is 0 Å². The van der Waals surface area contributed by atoms with Gasteiger partial charge in [-0.2, -0.15) is 0 Å². The molecule has 0 rings (SSSR count). The first-order valence-electron chi connectivity index (χ1n) is 4.50. The fourth-order valence-corrected chi connectivity index (χ4v) is 0.796. The summed E-state index contributed by atoms with van der Waals surface area (Å²) < 4.78 is 0. The Hall–Kier alpha value is -0.300. The number of allylic oxidation sites excluding steroid dienone is 1. The largest absolute Gasteiger partial charge is 0.313 e. The molecule has 1 heteroatoms.